The predicted octanol–water partition coefficient (Wildman–Crippen LogP) is 4.58. The van der Waals surface area contributed by atoms with Gasteiger partial charge in [0.05, 0.1) is 0 Å². The summed E-state index contributed by atoms with van der Waals surface area (Å²) < 4.78 is 0. The van der Waals surface area contributed by atoms with Gasteiger partial charge >= 0.3 is 0 Å². The number of hydrogen-bond acceptors (Lipinski definition) is 0. The van der Waals surface area contributed by atoms with Crippen LogP contribution < -0.4 is 0 Å². The van der Waals surface area contributed by atoms with Gasteiger partial charge in [-0.2, -0.15) is 0 Å². The van der Waals surface area contributed by atoms with Crippen molar-refractivity contribution < 1.29 is 0 Å². The summed E-state index contributed by atoms with van der Waals surface area (Å²) in [6, 6.07) is 18.9. The molecule has 0 saturated heterocycles. The minimum Gasteiger partial charge on any atom is -0.122 e. The molecular weight excluding hydrogens is 216 g/mol. The third-order valence-corrected chi connectivity index (χ3v) is 3.25. The third-order valence-electron chi connectivity index (χ3n) is 2.97. The van der Waals surface area contributed by atoms with Crippen LogP contribution in [0.2, 0.25) is 0 Å². The number of benzene rings is 2. The van der Waals surface area contributed by atoms with Gasteiger partial charge in [-0.05, 0) is 16.7 Å². The predicted molar refractivity (Wildman–Crippen MR) is 70.0 cm³/mol. The largest absolute Gasteiger partial charge is 0.122 e. The lowest BCUT2D eigenvalue weighted by atomic mass is 9.90. The normalized spacial score (nSPS) is 12.4. The maximum atomic E-state index is 5.96. The molecule has 82 valence electrons. The zero-order valence-electron chi connectivity index (χ0n) is 9.36. The number of alkyl halides is 1. The highest BCUT2D eigenvalue weighted by Gasteiger charge is 2.10. The Balaban J connectivity index is 2.37. The summed E-state index contributed by atoms with van der Waals surface area (Å²) in [5, 5.41) is 0. The summed E-state index contributed by atoms with van der Waals surface area (Å²) in [7, 11) is 0. The molecule has 2 aromatic carbocycles. The lowest BCUT2D eigenvalue weighted by Gasteiger charge is -2.15. The summed E-state index contributed by atoms with van der Waals surface area (Å²) in [5.74, 6) is 0.976. The SMILES string of the molecule is CC(c1ccccc1)c1ccccc1CCl. The molecule has 1 unspecified atom stereocenters. The Bertz CT molecular complexity index is 448. The quantitative estimate of drug-likeness (QED) is 0.678. The standard InChI is InChI=1S/C15H15Cl/c1-12(13-7-3-2-4-8-13)15-10-6-5-9-14(15)11-16/h2-10,12H,11H2,1H3. The van der Waals surface area contributed by atoms with Gasteiger partial charge in [-0.1, -0.05) is 61.5 Å². The molecule has 0 aliphatic heterocycles. The highest BCUT2D eigenvalue weighted by molar-refractivity contribution is 6.17. The van der Waals surface area contributed by atoms with E-state index in [0.29, 0.717) is 11.8 Å². The zero-order chi connectivity index (χ0) is 11.4. The van der Waals surface area contributed by atoms with Crippen LogP contribution >= 0.6 is 11.6 Å². The molecule has 0 spiro atoms. The summed E-state index contributed by atoms with van der Waals surface area (Å²) in [5.41, 5.74) is 3.88. The van der Waals surface area contributed by atoms with E-state index in [1.165, 1.54) is 16.7 Å². The van der Waals surface area contributed by atoms with Crippen molar-refractivity contribution in [1.82, 2.24) is 0 Å². The van der Waals surface area contributed by atoms with E-state index in [9.17, 15) is 0 Å². The summed E-state index contributed by atoms with van der Waals surface area (Å²) in [6.45, 7) is 2.22. The molecule has 0 N–H and O–H groups in total. The molecule has 0 aliphatic rings. The fourth-order valence-electron chi connectivity index (χ4n) is 2.00. The second-order valence-corrected chi connectivity index (χ2v) is 4.23. The molecule has 0 bridgehead atoms. The molecule has 0 amide bonds. The Hall–Kier alpha value is -1.27. The first-order chi connectivity index (χ1) is 7.83. The molecule has 0 aromatic heterocycles. The molecule has 16 heavy (non-hydrogen) atoms. The Morgan fingerprint density at radius 1 is 0.938 bits per heavy atom. The van der Waals surface area contributed by atoms with Gasteiger partial charge in [-0.25, -0.2) is 0 Å². The molecule has 0 heterocycles. The van der Waals surface area contributed by atoms with Gasteiger partial charge in [-0.3, -0.25) is 0 Å². The number of halogens is 1. The lowest BCUT2D eigenvalue weighted by molar-refractivity contribution is 0.907. The van der Waals surface area contributed by atoms with Crippen LogP contribution in [0.3, 0.4) is 0 Å². The Kier molecular flexibility index (Phi) is 3.63. The van der Waals surface area contributed by atoms with Crippen molar-refractivity contribution >= 4 is 11.6 Å². The van der Waals surface area contributed by atoms with Crippen molar-refractivity contribution in [3.63, 3.8) is 0 Å². The number of hydrogen-bond donors (Lipinski definition) is 0. The molecule has 0 aliphatic carbocycles. The second-order valence-electron chi connectivity index (χ2n) is 3.96. The van der Waals surface area contributed by atoms with Crippen molar-refractivity contribution in [2.24, 2.45) is 0 Å². The van der Waals surface area contributed by atoms with E-state index in [0.717, 1.165) is 0 Å². The monoisotopic (exact) mass is 230 g/mol. The minimum atomic E-state index is 0.399. The van der Waals surface area contributed by atoms with Gasteiger partial charge in [-0.15, -0.1) is 11.6 Å². The van der Waals surface area contributed by atoms with Gasteiger partial charge in [0.1, 0.15) is 0 Å². The van der Waals surface area contributed by atoms with Crippen LogP contribution in [0.4, 0.5) is 0 Å². The first-order valence-electron chi connectivity index (χ1n) is 5.51. The van der Waals surface area contributed by atoms with Crippen LogP contribution in [0.5, 0.6) is 0 Å². The zero-order valence-corrected chi connectivity index (χ0v) is 10.1. The van der Waals surface area contributed by atoms with Gasteiger partial charge in [0, 0.05) is 11.8 Å². The van der Waals surface area contributed by atoms with E-state index >= 15 is 0 Å². The summed E-state index contributed by atoms with van der Waals surface area (Å²) in [4.78, 5) is 0. The molecule has 0 fully saturated rings. The average Bonchev–Trinajstić information content (AvgIpc) is 2.39. The fourth-order valence-corrected chi connectivity index (χ4v) is 2.24. The second kappa shape index (κ2) is 5.18. The van der Waals surface area contributed by atoms with E-state index in [2.05, 4.69) is 49.4 Å². The molecule has 0 radical (unpaired) electrons. The van der Waals surface area contributed by atoms with Crippen LogP contribution in [0, 0.1) is 0 Å². The van der Waals surface area contributed by atoms with Crippen molar-refractivity contribution in [3.05, 3.63) is 71.3 Å². The average molecular weight is 231 g/mol. The lowest BCUT2D eigenvalue weighted by Crippen LogP contribution is -1.99. The summed E-state index contributed by atoms with van der Waals surface area (Å²) >= 11 is 5.96. The van der Waals surface area contributed by atoms with Crippen LogP contribution in [-0.2, 0) is 5.88 Å². The molecule has 2 aromatic rings. The Labute approximate surface area is 102 Å². The van der Waals surface area contributed by atoms with E-state index in [1.807, 2.05) is 12.1 Å². The van der Waals surface area contributed by atoms with Crippen molar-refractivity contribution in [2.45, 2.75) is 18.7 Å². The molecule has 2 rings (SSSR count). The Morgan fingerprint density at radius 2 is 1.56 bits per heavy atom. The van der Waals surface area contributed by atoms with Crippen LogP contribution in [-0.4, -0.2) is 0 Å². The molecule has 1 heteroatoms. The topological polar surface area (TPSA) is 0 Å². The molecule has 1 atom stereocenters. The van der Waals surface area contributed by atoms with E-state index in [-0.39, 0.29) is 0 Å². The molecule has 0 saturated carbocycles. The van der Waals surface area contributed by atoms with Crippen LogP contribution in [0.1, 0.15) is 29.5 Å². The van der Waals surface area contributed by atoms with Crippen molar-refractivity contribution in [2.75, 3.05) is 0 Å². The van der Waals surface area contributed by atoms with E-state index in [1.54, 1.807) is 0 Å². The van der Waals surface area contributed by atoms with Gasteiger partial charge < -0.3 is 0 Å². The summed E-state index contributed by atoms with van der Waals surface area (Å²) in [6.07, 6.45) is 0. The first-order valence-corrected chi connectivity index (χ1v) is 6.05. The van der Waals surface area contributed by atoms with Crippen molar-refractivity contribution in [3.8, 4) is 0 Å². The van der Waals surface area contributed by atoms with E-state index < -0.39 is 0 Å². The Morgan fingerprint density at radius 3 is 2.25 bits per heavy atom. The highest BCUT2D eigenvalue weighted by Crippen LogP contribution is 2.27. The molecule has 0 nitrogen and oxygen atoms in total. The third kappa shape index (κ3) is 2.28. The van der Waals surface area contributed by atoms with Crippen LogP contribution in [0.15, 0.2) is 54.6 Å². The fraction of sp³-hybridized carbons (Fsp3) is 0.200. The minimum absolute atomic E-state index is 0.399. The maximum absolute atomic E-state index is 5.96. The van der Waals surface area contributed by atoms with Gasteiger partial charge in [0.25, 0.3) is 0 Å². The van der Waals surface area contributed by atoms with Gasteiger partial charge in [0.15, 0.2) is 0 Å². The van der Waals surface area contributed by atoms with Crippen LogP contribution in [0.25, 0.3) is 0 Å². The van der Waals surface area contributed by atoms with Crippen molar-refractivity contribution in [1.29, 1.82) is 0 Å². The van der Waals surface area contributed by atoms with E-state index in [4.69, 9.17) is 11.6 Å². The smallest absolute Gasteiger partial charge is 0.0477 e. The highest BCUT2D eigenvalue weighted by atomic mass is 35.5. The molecular formula is C15H15Cl. The first kappa shape index (κ1) is 11.2. The van der Waals surface area contributed by atoms with Gasteiger partial charge in [0.2, 0.25) is 0 Å². The maximum Gasteiger partial charge on any atom is 0.0477 e. The number of rotatable bonds is 3.